The lowest BCUT2D eigenvalue weighted by Gasteiger charge is -2.09. The first-order chi connectivity index (χ1) is 10.3. The Balaban J connectivity index is 2.13. The Morgan fingerprint density at radius 3 is 2.68 bits per heavy atom. The van der Waals surface area contributed by atoms with Gasteiger partial charge in [-0.25, -0.2) is 8.42 Å². The standard InChI is InChI=1S/C15H19N3O3S/c1-11(2)22(20,21)10-12-5-4-6-14(7-12)17-15(19)13-8-16-18(3)9-13/h4-9,11H,10H2,1-3H3,(H,17,19). The molecule has 118 valence electrons. The average Bonchev–Trinajstić information content (AvgIpc) is 2.85. The van der Waals surface area contributed by atoms with Crippen molar-refractivity contribution in [1.82, 2.24) is 9.78 Å². The summed E-state index contributed by atoms with van der Waals surface area (Å²) >= 11 is 0. The number of sulfone groups is 1. The van der Waals surface area contributed by atoms with Crippen LogP contribution >= 0.6 is 0 Å². The van der Waals surface area contributed by atoms with Crippen LogP contribution in [0.4, 0.5) is 5.69 Å². The molecule has 0 bridgehead atoms. The Labute approximate surface area is 130 Å². The van der Waals surface area contributed by atoms with Gasteiger partial charge in [-0.2, -0.15) is 5.10 Å². The van der Waals surface area contributed by atoms with Gasteiger partial charge in [0.15, 0.2) is 9.84 Å². The van der Waals surface area contributed by atoms with Crippen molar-refractivity contribution in [1.29, 1.82) is 0 Å². The van der Waals surface area contributed by atoms with Gasteiger partial charge in [-0.3, -0.25) is 9.48 Å². The van der Waals surface area contributed by atoms with Gasteiger partial charge in [0, 0.05) is 18.9 Å². The van der Waals surface area contributed by atoms with Crippen molar-refractivity contribution in [3.8, 4) is 0 Å². The third-order valence-corrected chi connectivity index (χ3v) is 5.41. The second-order valence-corrected chi connectivity index (χ2v) is 7.97. The molecule has 2 aromatic rings. The van der Waals surface area contributed by atoms with E-state index in [1.807, 2.05) is 0 Å². The van der Waals surface area contributed by atoms with E-state index in [9.17, 15) is 13.2 Å². The summed E-state index contributed by atoms with van der Waals surface area (Å²) in [4.78, 5) is 12.0. The van der Waals surface area contributed by atoms with Crippen LogP contribution in [0.1, 0.15) is 29.8 Å². The van der Waals surface area contributed by atoms with Crippen molar-refractivity contribution in [2.45, 2.75) is 24.9 Å². The Hall–Kier alpha value is -2.15. The van der Waals surface area contributed by atoms with Crippen molar-refractivity contribution in [3.05, 3.63) is 47.8 Å². The second-order valence-electron chi connectivity index (χ2n) is 5.41. The first-order valence-corrected chi connectivity index (χ1v) is 8.60. The molecule has 1 heterocycles. The maximum absolute atomic E-state index is 12.0. The minimum Gasteiger partial charge on any atom is -0.322 e. The highest BCUT2D eigenvalue weighted by Gasteiger charge is 2.17. The zero-order valence-electron chi connectivity index (χ0n) is 12.8. The van der Waals surface area contributed by atoms with Gasteiger partial charge < -0.3 is 5.32 Å². The summed E-state index contributed by atoms with van der Waals surface area (Å²) < 4.78 is 25.5. The Kier molecular flexibility index (Phi) is 4.65. The Morgan fingerprint density at radius 2 is 2.09 bits per heavy atom. The van der Waals surface area contributed by atoms with Gasteiger partial charge in [-0.05, 0) is 31.5 Å². The Morgan fingerprint density at radius 1 is 1.36 bits per heavy atom. The van der Waals surface area contributed by atoms with E-state index in [4.69, 9.17) is 0 Å². The molecule has 0 unspecified atom stereocenters. The van der Waals surface area contributed by atoms with Gasteiger partial charge in [-0.1, -0.05) is 12.1 Å². The van der Waals surface area contributed by atoms with E-state index in [1.165, 1.54) is 6.20 Å². The van der Waals surface area contributed by atoms with Crippen LogP contribution < -0.4 is 5.32 Å². The maximum atomic E-state index is 12.0. The van der Waals surface area contributed by atoms with Gasteiger partial charge in [0.1, 0.15) is 0 Å². The van der Waals surface area contributed by atoms with Crippen molar-refractivity contribution in [2.75, 3.05) is 5.32 Å². The topological polar surface area (TPSA) is 81.1 Å². The number of hydrogen-bond donors (Lipinski definition) is 1. The summed E-state index contributed by atoms with van der Waals surface area (Å²) in [7, 11) is -1.44. The minimum atomic E-state index is -3.17. The molecule has 0 atom stereocenters. The number of anilines is 1. The average molecular weight is 321 g/mol. The molecule has 1 amide bonds. The largest absolute Gasteiger partial charge is 0.322 e. The monoisotopic (exact) mass is 321 g/mol. The van der Waals surface area contributed by atoms with E-state index in [0.29, 0.717) is 16.8 Å². The second kappa shape index (κ2) is 6.31. The molecule has 0 aliphatic heterocycles. The molecule has 0 spiro atoms. The quantitative estimate of drug-likeness (QED) is 0.913. The number of nitrogens with one attached hydrogen (secondary N) is 1. The highest BCUT2D eigenvalue weighted by molar-refractivity contribution is 7.91. The van der Waals surface area contributed by atoms with Crippen molar-refractivity contribution in [3.63, 3.8) is 0 Å². The fourth-order valence-corrected chi connectivity index (χ4v) is 2.86. The third kappa shape index (κ3) is 3.94. The Bertz CT molecular complexity index is 779. The lowest BCUT2D eigenvalue weighted by Crippen LogP contribution is -2.16. The smallest absolute Gasteiger partial charge is 0.258 e. The molecule has 0 saturated heterocycles. The fraction of sp³-hybridized carbons (Fsp3) is 0.333. The van der Waals surface area contributed by atoms with Crippen LogP contribution in [-0.4, -0.2) is 29.4 Å². The van der Waals surface area contributed by atoms with Crippen molar-refractivity contribution >= 4 is 21.4 Å². The van der Waals surface area contributed by atoms with Crippen molar-refractivity contribution < 1.29 is 13.2 Å². The summed E-state index contributed by atoms with van der Waals surface area (Å²) in [6.07, 6.45) is 3.09. The number of rotatable bonds is 5. The molecule has 2 rings (SSSR count). The van der Waals surface area contributed by atoms with Gasteiger partial charge in [-0.15, -0.1) is 0 Å². The summed E-state index contributed by atoms with van der Waals surface area (Å²) in [6.45, 7) is 3.31. The molecule has 7 heteroatoms. The molecule has 1 aromatic heterocycles. The first-order valence-electron chi connectivity index (χ1n) is 6.88. The van der Waals surface area contributed by atoms with Gasteiger partial charge in [0.25, 0.3) is 5.91 Å². The van der Waals surface area contributed by atoms with E-state index in [2.05, 4.69) is 10.4 Å². The number of benzene rings is 1. The summed E-state index contributed by atoms with van der Waals surface area (Å²) in [5.41, 5.74) is 1.66. The van der Waals surface area contributed by atoms with Gasteiger partial charge in [0.05, 0.1) is 22.8 Å². The van der Waals surface area contributed by atoms with E-state index in [-0.39, 0.29) is 11.7 Å². The zero-order valence-corrected chi connectivity index (χ0v) is 13.6. The van der Waals surface area contributed by atoms with Gasteiger partial charge >= 0.3 is 0 Å². The van der Waals surface area contributed by atoms with Crippen LogP contribution in [0.3, 0.4) is 0 Å². The van der Waals surface area contributed by atoms with Crippen LogP contribution in [-0.2, 0) is 22.6 Å². The maximum Gasteiger partial charge on any atom is 0.258 e. The van der Waals surface area contributed by atoms with Crippen LogP contribution in [0.25, 0.3) is 0 Å². The zero-order chi connectivity index (χ0) is 16.3. The van der Waals surface area contributed by atoms with Crippen LogP contribution in [0.2, 0.25) is 0 Å². The van der Waals surface area contributed by atoms with E-state index < -0.39 is 15.1 Å². The van der Waals surface area contributed by atoms with E-state index in [0.717, 1.165) is 0 Å². The van der Waals surface area contributed by atoms with Crippen molar-refractivity contribution in [2.24, 2.45) is 7.05 Å². The molecule has 0 radical (unpaired) electrons. The molecule has 0 saturated carbocycles. The van der Waals surface area contributed by atoms with Crippen LogP contribution in [0, 0.1) is 0 Å². The molecule has 0 aliphatic rings. The van der Waals surface area contributed by atoms with E-state index in [1.54, 1.807) is 56.0 Å². The molecule has 6 nitrogen and oxygen atoms in total. The normalized spacial score (nSPS) is 11.6. The van der Waals surface area contributed by atoms with E-state index >= 15 is 0 Å². The summed E-state index contributed by atoms with van der Waals surface area (Å²) in [6, 6.07) is 6.86. The molecule has 1 N–H and O–H groups in total. The number of nitrogens with zero attached hydrogens (tertiary/aromatic N) is 2. The predicted molar refractivity (Wildman–Crippen MR) is 85.4 cm³/mol. The number of aromatic nitrogens is 2. The molecular weight excluding hydrogens is 302 g/mol. The SMILES string of the molecule is CC(C)S(=O)(=O)Cc1cccc(NC(=O)c2cnn(C)c2)c1. The molecule has 0 aliphatic carbocycles. The highest BCUT2D eigenvalue weighted by Crippen LogP contribution is 2.16. The van der Waals surface area contributed by atoms with Crippen LogP contribution in [0.15, 0.2) is 36.7 Å². The number of amides is 1. The third-order valence-electron chi connectivity index (χ3n) is 3.24. The number of carbonyl (C=O) groups excluding carboxylic acids is 1. The first kappa shape index (κ1) is 16.2. The highest BCUT2D eigenvalue weighted by atomic mass is 32.2. The number of hydrogen-bond acceptors (Lipinski definition) is 4. The predicted octanol–water partition coefficient (Wildman–Crippen LogP) is 2.00. The van der Waals surface area contributed by atoms with Crippen LogP contribution in [0.5, 0.6) is 0 Å². The van der Waals surface area contributed by atoms with Gasteiger partial charge in [0.2, 0.25) is 0 Å². The molecule has 0 fully saturated rings. The molecule has 1 aromatic carbocycles. The number of aryl methyl sites for hydroxylation is 1. The fourth-order valence-electron chi connectivity index (χ4n) is 1.88. The number of carbonyl (C=O) groups is 1. The minimum absolute atomic E-state index is 0.0404. The molecule has 22 heavy (non-hydrogen) atoms. The summed E-state index contributed by atoms with van der Waals surface area (Å²) in [5, 5.41) is 6.25. The molecular formula is C15H19N3O3S. The lowest BCUT2D eigenvalue weighted by atomic mass is 10.2. The summed E-state index contributed by atoms with van der Waals surface area (Å²) in [5.74, 6) is -0.321. The lowest BCUT2D eigenvalue weighted by molar-refractivity contribution is 0.102.